The number of nitrogens with zero attached hydrogens (tertiary/aromatic N) is 4. The summed E-state index contributed by atoms with van der Waals surface area (Å²) in [6.45, 7) is 6.42. The first-order valence-corrected chi connectivity index (χ1v) is 10.4. The van der Waals surface area contributed by atoms with Crippen molar-refractivity contribution in [3.8, 4) is 11.3 Å². The lowest BCUT2D eigenvalue weighted by Crippen LogP contribution is -2.37. The minimum atomic E-state index is -0.230. The molecular formula is C23H28FN5. The minimum Gasteiger partial charge on any atom is -0.309 e. The third kappa shape index (κ3) is 4.71. The first kappa shape index (κ1) is 19.7. The van der Waals surface area contributed by atoms with Gasteiger partial charge in [-0.1, -0.05) is 55.5 Å². The number of halogens is 1. The maximum absolute atomic E-state index is 14.1. The molecule has 1 aromatic heterocycles. The molecule has 5 nitrogen and oxygen atoms in total. The van der Waals surface area contributed by atoms with E-state index in [4.69, 9.17) is 0 Å². The molecule has 1 N–H and O–H groups in total. The molecule has 29 heavy (non-hydrogen) atoms. The highest BCUT2D eigenvalue weighted by Crippen LogP contribution is 2.21. The highest BCUT2D eigenvalue weighted by atomic mass is 19.1. The summed E-state index contributed by atoms with van der Waals surface area (Å²) in [4.78, 5) is 4.13. The average Bonchev–Trinajstić information content (AvgIpc) is 3.37. The molecule has 1 aliphatic heterocycles. The van der Waals surface area contributed by atoms with Crippen LogP contribution in [0.4, 0.5) is 4.39 Å². The fraction of sp³-hybridized carbons (Fsp3) is 0.391. The van der Waals surface area contributed by atoms with Gasteiger partial charge >= 0.3 is 0 Å². The number of hydrogen-bond donors (Lipinski definition) is 1. The molecule has 0 aliphatic carbocycles. The Morgan fingerprint density at radius 3 is 2.66 bits per heavy atom. The van der Waals surface area contributed by atoms with E-state index in [-0.39, 0.29) is 5.82 Å². The molecule has 0 unspecified atom stereocenters. The molecule has 1 aliphatic rings. The van der Waals surface area contributed by atoms with Crippen LogP contribution < -0.4 is 5.32 Å². The van der Waals surface area contributed by atoms with Crippen LogP contribution >= 0.6 is 0 Å². The van der Waals surface area contributed by atoms with E-state index in [1.54, 1.807) is 16.9 Å². The maximum Gasteiger partial charge on any atom is 0.128 e. The van der Waals surface area contributed by atoms with Crippen molar-refractivity contribution in [3.05, 3.63) is 71.7 Å². The normalized spacial score (nSPS) is 17.1. The van der Waals surface area contributed by atoms with Gasteiger partial charge in [-0.25, -0.2) is 4.39 Å². The second-order valence-corrected chi connectivity index (χ2v) is 7.54. The fourth-order valence-corrected chi connectivity index (χ4v) is 4.07. The van der Waals surface area contributed by atoms with Crippen molar-refractivity contribution in [3.63, 3.8) is 0 Å². The van der Waals surface area contributed by atoms with Crippen LogP contribution in [-0.4, -0.2) is 45.6 Å². The first-order valence-electron chi connectivity index (χ1n) is 10.4. The summed E-state index contributed by atoms with van der Waals surface area (Å²) in [7, 11) is 0. The van der Waals surface area contributed by atoms with Crippen LogP contribution in [0.3, 0.4) is 0 Å². The van der Waals surface area contributed by atoms with Gasteiger partial charge in [-0.3, -0.25) is 4.90 Å². The first-order chi connectivity index (χ1) is 14.2. The largest absolute Gasteiger partial charge is 0.309 e. The second kappa shape index (κ2) is 9.29. The molecule has 1 saturated heterocycles. The van der Waals surface area contributed by atoms with Crippen molar-refractivity contribution in [2.45, 2.75) is 38.9 Å². The summed E-state index contributed by atoms with van der Waals surface area (Å²) in [6.07, 6.45) is 2.51. The zero-order valence-corrected chi connectivity index (χ0v) is 16.9. The Hall–Kier alpha value is -2.57. The van der Waals surface area contributed by atoms with Gasteiger partial charge in [0.2, 0.25) is 0 Å². The van der Waals surface area contributed by atoms with Crippen molar-refractivity contribution in [1.29, 1.82) is 0 Å². The van der Waals surface area contributed by atoms with E-state index in [2.05, 4.69) is 27.3 Å². The van der Waals surface area contributed by atoms with Crippen LogP contribution in [0.25, 0.3) is 11.3 Å². The molecule has 4 rings (SSSR count). The number of rotatable bonds is 8. The predicted molar refractivity (Wildman–Crippen MR) is 113 cm³/mol. The van der Waals surface area contributed by atoms with Crippen LogP contribution in [0.15, 0.2) is 54.6 Å². The molecule has 6 heteroatoms. The van der Waals surface area contributed by atoms with Crippen LogP contribution in [0, 0.1) is 5.82 Å². The molecule has 2 heterocycles. The highest BCUT2D eigenvalue weighted by molar-refractivity contribution is 5.60. The highest BCUT2D eigenvalue weighted by Gasteiger charge is 2.22. The standard InChI is InChI=1S/C23H28FN5/c1-2-28-14-8-12-20(28)15-25-16-22-23(18-9-4-3-5-10-18)27-29(26-22)17-19-11-6-7-13-21(19)24/h3-7,9-11,13,20,25H,2,8,12,14-17H2,1H3/t20-/m0/s1. The third-order valence-electron chi connectivity index (χ3n) is 5.62. The topological polar surface area (TPSA) is 46.0 Å². The zero-order chi connectivity index (χ0) is 20.1. The quantitative estimate of drug-likeness (QED) is 0.634. The van der Waals surface area contributed by atoms with Crippen LogP contribution in [-0.2, 0) is 13.1 Å². The molecule has 3 aromatic rings. The number of nitrogens with one attached hydrogen (secondary N) is 1. The Labute approximate surface area is 171 Å². The van der Waals surface area contributed by atoms with Crippen molar-refractivity contribution >= 4 is 0 Å². The molecule has 152 valence electrons. The van der Waals surface area contributed by atoms with E-state index in [0.717, 1.165) is 30.0 Å². The SMILES string of the molecule is CCN1CCC[C@H]1CNCc1nn(Cc2ccccc2F)nc1-c1ccccc1. The Kier molecular flexibility index (Phi) is 6.32. The zero-order valence-electron chi connectivity index (χ0n) is 16.9. The number of benzene rings is 2. The monoisotopic (exact) mass is 393 g/mol. The van der Waals surface area contributed by atoms with Gasteiger partial charge in [-0.2, -0.15) is 15.0 Å². The number of likely N-dealkylation sites (tertiary alicyclic amines) is 1. The van der Waals surface area contributed by atoms with Gasteiger partial charge in [0, 0.05) is 30.3 Å². The summed E-state index contributed by atoms with van der Waals surface area (Å²) in [5.41, 5.74) is 3.37. The molecule has 0 saturated carbocycles. The summed E-state index contributed by atoms with van der Waals surface area (Å²) in [5.74, 6) is -0.230. The van der Waals surface area contributed by atoms with E-state index < -0.39 is 0 Å². The van der Waals surface area contributed by atoms with Crippen LogP contribution in [0.5, 0.6) is 0 Å². The molecule has 1 fully saturated rings. The van der Waals surface area contributed by atoms with Gasteiger partial charge in [-0.05, 0) is 32.0 Å². The number of likely N-dealkylation sites (N-methyl/N-ethyl adjacent to an activating group) is 1. The van der Waals surface area contributed by atoms with E-state index in [9.17, 15) is 4.39 Å². The Balaban J connectivity index is 1.51. The van der Waals surface area contributed by atoms with Gasteiger partial charge in [0.25, 0.3) is 0 Å². The molecular weight excluding hydrogens is 365 g/mol. The minimum absolute atomic E-state index is 0.230. The molecule has 0 amide bonds. The maximum atomic E-state index is 14.1. The molecule has 0 bridgehead atoms. The predicted octanol–water partition coefficient (Wildman–Crippen LogP) is 3.71. The van der Waals surface area contributed by atoms with Gasteiger partial charge in [0.05, 0.1) is 6.54 Å². The summed E-state index contributed by atoms with van der Waals surface area (Å²) < 4.78 is 14.1. The van der Waals surface area contributed by atoms with Gasteiger partial charge in [0.1, 0.15) is 17.2 Å². The smallest absolute Gasteiger partial charge is 0.128 e. The summed E-state index contributed by atoms with van der Waals surface area (Å²) >= 11 is 0. The number of aromatic nitrogens is 3. The Bertz CT molecular complexity index is 924. The van der Waals surface area contributed by atoms with E-state index in [0.29, 0.717) is 24.7 Å². The molecule has 0 spiro atoms. The van der Waals surface area contributed by atoms with E-state index >= 15 is 0 Å². The Morgan fingerprint density at radius 1 is 1.07 bits per heavy atom. The van der Waals surface area contributed by atoms with Crippen molar-refractivity contribution < 1.29 is 4.39 Å². The van der Waals surface area contributed by atoms with Crippen LogP contribution in [0.1, 0.15) is 31.0 Å². The molecule has 2 aromatic carbocycles. The number of hydrogen-bond acceptors (Lipinski definition) is 4. The Morgan fingerprint density at radius 2 is 1.86 bits per heavy atom. The van der Waals surface area contributed by atoms with Gasteiger partial charge < -0.3 is 5.32 Å². The lowest BCUT2D eigenvalue weighted by molar-refractivity contribution is 0.259. The molecule has 1 atom stereocenters. The second-order valence-electron chi connectivity index (χ2n) is 7.54. The van der Waals surface area contributed by atoms with Gasteiger partial charge in [-0.15, -0.1) is 0 Å². The average molecular weight is 394 g/mol. The molecule has 0 radical (unpaired) electrons. The lowest BCUT2D eigenvalue weighted by Gasteiger charge is -2.22. The fourth-order valence-electron chi connectivity index (χ4n) is 4.07. The van der Waals surface area contributed by atoms with Crippen LogP contribution in [0.2, 0.25) is 0 Å². The third-order valence-corrected chi connectivity index (χ3v) is 5.62. The lowest BCUT2D eigenvalue weighted by atomic mass is 10.1. The summed E-state index contributed by atoms with van der Waals surface area (Å²) in [5, 5.41) is 13.0. The van der Waals surface area contributed by atoms with Crippen molar-refractivity contribution in [2.24, 2.45) is 0 Å². The van der Waals surface area contributed by atoms with Crippen molar-refractivity contribution in [1.82, 2.24) is 25.2 Å². The van der Waals surface area contributed by atoms with E-state index in [1.165, 1.54) is 25.5 Å². The summed E-state index contributed by atoms with van der Waals surface area (Å²) in [6, 6.07) is 17.4. The van der Waals surface area contributed by atoms with Crippen molar-refractivity contribution in [2.75, 3.05) is 19.6 Å². The van der Waals surface area contributed by atoms with Gasteiger partial charge in [0.15, 0.2) is 0 Å². The van der Waals surface area contributed by atoms with E-state index in [1.807, 2.05) is 36.4 Å².